The molecule has 1 fully saturated rings. The molecular formula is C29H20Br2S. The lowest BCUT2D eigenvalue weighted by atomic mass is 9.88. The minimum absolute atomic E-state index is 0.0706. The molecule has 0 bridgehead atoms. The molecule has 6 rings (SSSR count). The molecule has 0 radical (unpaired) electrons. The molecule has 3 atom stereocenters. The molecule has 0 nitrogen and oxygen atoms in total. The number of benzene rings is 4. The van der Waals surface area contributed by atoms with Crippen LogP contribution in [0.15, 0.2) is 124 Å². The van der Waals surface area contributed by atoms with Crippen LogP contribution in [-0.2, 0) is 10.2 Å². The fraction of sp³-hybridized carbons (Fsp3) is 0.103. The molecule has 1 aliphatic heterocycles. The van der Waals surface area contributed by atoms with E-state index in [1.165, 1.54) is 27.2 Å². The van der Waals surface area contributed by atoms with Crippen molar-refractivity contribution in [2.24, 2.45) is 0 Å². The van der Waals surface area contributed by atoms with E-state index < -0.39 is 0 Å². The Balaban J connectivity index is 1.60. The smallest absolute Gasteiger partial charge is 0.0674 e. The maximum absolute atomic E-state index is 3.63. The summed E-state index contributed by atoms with van der Waals surface area (Å²) < 4.78 is 2.15. The quantitative estimate of drug-likeness (QED) is 0.240. The van der Waals surface area contributed by atoms with Crippen molar-refractivity contribution in [1.29, 1.82) is 0 Å². The second-order valence-corrected chi connectivity index (χ2v) is 11.6. The van der Waals surface area contributed by atoms with Gasteiger partial charge in [-0.15, -0.1) is 11.8 Å². The van der Waals surface area contributed by atoms with Crippen molar-refractivity contribution in [3.05, 3.63) is 146 Å². The van der Waals surface area contributed by atoms with Crippen LogP contribution in [0.1, 0.15) is 28.2 Å². The molecule has 0 amide bonds. The molecule has 32 heavy (non-hydrogen) atoms. The highest BCUT2D eigenvalue weighted by Gasteiger charge is 2.80. The second-order valence-electron chi connectivity index (χ2n) is 8.44. The molecule has 3 unspecified atom stereocenters. The largest absolute Gasteiger partial charge is 0.112 e. The summed E-state index contributed by atoms with van der Waals surface area (Å²) in [5, 5.41) is 0. The number of fused-ring (bicyclic) bond motifs is 1. The second kappa shape index (κ2) is 7.76. The summed E-state index contributed by atoms with van der Waals surface area (Å²) >= 11 is 9.25. The Morgan fingerprint density at radius 2 is 1.16 bits per heavy atom. The number of hydrogen-bond acceptors (Lipinski definition) is 1. The molecule has 4 aromatic carbocycles. The predicted octanol–water partition coefficient (Wildman–Crippen LogP) is 8.93. The first-order valence-corrected chi connectivity index (χ1v) is 13.1. The lowest BCUT2D eigenvalue weighted by molar-refractivity contribution is 0.809. The standard InChI is InChI=1S/C29H20Br2S/c30-24-15-11-20(12-16-24)26-19-28(22-9-5-2-6-10-22)27(21-7-3-1-4-8-21)29(28,32-26)23-13-17-25(31)18-14-23/h1-19,27H. The molecule has 1 heterocycles. The van der Waals surface area contributed by atoms with E-state index in [-0.39, 0.29) is 10.2 Å². The normalized spacial score (nSPS) is 25.8. The van der Waals surface area contributed by atoms with E-state index >= 15 is 0 Å². The monoisotopic (exact) mass is 558 g/mol. The number of allylic oxidation sites excluding steroid dienone is 1. The van der Waals surface area contributed by atoms with Gasteiger partial charge in [0, 0.05) is 25.2 Å². The fourth-order valence-electron chi connectivity index (χ4n) is 5.45. The summed E-state index contributed by atoms with van der Waals surface area (Å²) in [6.45, 7) is 0. The van der Waals surface area contributed by atoms with Gasteiger partial charge in [0.05, 0.1) is 4.75 Å². The first-order chi connectivity index (χ1) is 15.6. The summed E-state index contributed by atoms with van der Waals surface area (Å²) in [5.74, 6) is 0.379. The minimum Gasteiger partial charge on any atom is -0.112 e. The summed E-state index contributed by atoms with van der Waals surface area (Å²) in [4.78, 5) is 1.36. The van der Waals surface area contributed by atoms with Crippen LogP contribution >= 0.6 is 43.6 Å². The topological polar surface area (TPSA) is 0 Å². The summed E-state index contributed by atoms with van der Waals surface area (Å²) in [7, 11) is 0. The number of hydrogen-bond donors (Lipinski definition) is 0. The summed E-state index contributed by atoms with van der Waals surface area (Å²) in [5.41, 5.74) is 5.36. The molecule has 156 valence electrons. The third kappa shape index (κ3) is 2.95. The lowest BCUT2D eigenvalue weighted by Crippen LogP contribution is -2.13. The van der Waals surface area contributed by atoms with Crippen molar-refractivity contribution < 1.29 is 0 Å². The average Bonchev–Trinajstić information content (AvgIpc) is 3.26. The zero-order valence-corrected chi connectivity index (χ0v) is 21.2. The van der Waals surface area contributed by atoms with Crippen LogP contribution in [-0.4, -0.2) is 0 Å². The van der Waals surface area contributed by atoms with E-state index in [0.29, 0.717) is 5.92 Å². The van der Waals surface area contributed by atoms with Gasteiger partial charge in [0.1, 0.15) is 0 Å². The fourth-order valence-corrected chi connectivity index (χ4v) is 7.93. The summed E-state index contributed by atoms with van der Waals surface area (Å²) in [6, 6.07) is 39.8. The molecule has 1 saturated carbocycles. The van der Waals surface area contributed by atoms with Crippen LogP contribution in [0.5, 0.6) is 0 Å². The lowest BCUT2D eigenvalue weighted by Gasteiger charge is -2.19. The van der Waals surface area contributed by atoms with E-state index in [1.807, 2.05) is 11.8 Å². The SMILES string of the molecule is Brc1ccc(C2=CC3(c4ccccc4)C(c4ccccc4)C3(c3ccc(Br)cc3)S2)cc1. The summed E-state index contributed by atoms with van der Waals surface area (Å²) in [6.07, 6.45) is 2.55. The zero-order valence-electron chi connectivity index (χ0n) is 17.2. The highest BCUT2D eigenvalue weighted by atomic mass is 79.9. The molecular weight excluding hydrogens is 540 g/mol. The van der Waals surface area contributed by atoms with Gasteiger partial charge in [0.25, 0.3) is 0 Å². The zero-order chi connectivity index (χ0) is 21.8. The van der Waals surface area contributed by atoms with Gasteiger partial charge in [-0.2, -0.15) is 0 Å². The van der Waals surface area contributed by atoms with Crippen LogP contribution < -0.4 is 0 Å². The molecule has 2 aliphatic rings. The third-order valence-corrected chi connectivity index (χ3v) is 9.57. The van der Waals surface area contributed by atoms with Gasteiger partial charge in [-0.3, -0.25) is 0 Å². The average molecular weight is 560 g/mol. The first-order valence-electron chi connectivity index (χ1n) is 10.7. The van der Waals surface area contributed by atoms with Crippen LogP contribution in [0.3, 0.4) is 0 Å². The third-order valence-electron chi connectivity index (χ3n) is 6.81. The van der Waals surface area contributed by atoms with Crippen LogP contribution in [0.2, 0.25) is 0 Å². The van der Waals surface area contributed by atoms with Gasteiger partial charge < -0.3 is 0 Å². The maximum atomic E-state index is 3.63. The van der Waals surface area contributed by atoms with Gasteiger partial charge in [0.15, 0.2) is 0 Å². The van der Waals surface area contributed by atoms with Crippen molar-refractivity contribution in [2.45, 2.75) is 16.1 Å². The Labute approximate surface area is 210 Å². The van der Waals surface area contributed by atoms with Crippen molar-refractivity contribution in [3.63, 3.8) is 0 Å². The van der Waals surface area contributed by atoms with E-state index in [9.17, 15) is 0 Å². The molecule has 0 aromatic heterocycles. The van der Waals surface area contributed by atoms with Crippen molar-refractivity contribution >= 4 is 48.5 Å². The van der Waals surface area contributed by atoms with Gasteiger partial charge in [-0.1, -0.05) is 123 Å². The molecule has 1 aliphatic carbocycles. The van der Waals surface area contributed by atoms with Gasteiger partial charge in [0.2, 0.25) is 0 Å². The minimum atomic E-state index is -0.0868. The first kappa shape index (κ1) is 20.5. The molecule has 0 spiro atoms. The molecule has 0 N–H and O–H groups in total. The Bertz CT molecular complexity index is 1300. The Kier molecular flexibility index (Phi) is 4.98. The number of thioether (sulfide) groups is 1. The van der Waals surface area contributed by atoms with Crippen molar-refractivity contribution in [1.82, 2.24) is 0 Å². The van der Waals surface area contributed by atoms with Crippen molar-refractivity contribution in [2.75, 3.05) is 0 Å². The van der Waals surface area contributed by atoms with Gasteiger partial charge in [-0.05, 0) is 46.5 Å². The highest BCUT2D eigenvalue weighted by molar-refractivity contribution is 9.10. The van der Waals surface area contributed by atoms with Gasteiger partial charge >= 0.3 is 0 Å². The molecule has 3 heteroatoms. The predicted molar refractivity (Wildman–Crippen MR) is 143 cm³/mol. The van der Waals surface area contributed by atoms with E-state index in [4.69, 9.17) is 0 Å². The molecule has 0 saturated heterocycles. The Morgan fingerprint density at radius 1 is 0.594 bits per heavy atom. The maximum Gasteiger partial charge on any atom is 0.0674 e. The van der Waals surface area contributed by atoms with Crippen LogP contribution in [0, 0.1) is 0 Å². The Hall–Kier alpha value is -2.07. The number of rotatable bonds is 4. The van der Waals surface area contributed by atoms with Gasteiger partial charge in [-0.25, -0.2) is 0 Å². The van der Waals surface area contributed by atoms with Crippen LogP contribution in [0.25, 0.3) is 4.91 Å². The highest BCUT2D eigenvalue weighted by Crippen LogP contribution is 2.85. The number of halogens is 2. The van der Waals surface area contributed by atoms with Crippen molar-refractivity contribution in [3.8, 4) is 0 Å². The molecule has 4 aromatic rings. The van der Waals surface area contributed by atoms with E-state index in [1.54, 1.807) is 0 Å². The van der Waals surface area contributed by atoms with Crippen LogP contribution in [0.4, 0.5) is 0 Å². The van der Waals surface area contributed by atoms with E-state index in [0.717, 1.165) is 8.95 Å². The van der Waals surface area contributed by atoms with E-state index in [2.05, 4.69) is 147 Å². The Morgan fingerprint density at radius 3 is 1.78 bits per heavy atom.